The number of morpholine rings is 1. The highest BCUT2D eigenvalue weighted by atomic mass is 79.9. The van der Waals surface area contributed by atoms with Gasteiger partial charge in [0.2, 0.25) is 11.8 Å². The van der Waals surface area contributed by atoms with Crippen molar-refractivity contribution < 1.29 is 23.9 Å². The number of benzene rings is 3. The molecule has 0 radical (unpaired) electrons. The van der Waals surface area contributed by atoms with Gasteiger partial charge in [-0.05, 0) is 155 Å². The zero-order valence-electron chi connectivity index (χ0n) is 46.0. The molecule has 0 bridgehead atoms. The molecular weight excluding hydrogens is 1070 g/mol. The van der Waals surface area contributed by atoms with Crippen LogP contribution in [0.2, 0.25) is 5.02 Å². The highest BCUT2D eigenvalue weighted by molar-refractivity contribution is 9.10. The van der Waals surface area contributed by atoms with Gasteiger partial charge in [0.1, 0.15) is 0 Å². The molecule has 5 heterocycles. The van der Waals surface area contributed by atoms with Crippen LogP contribution in [0.1, 0.15) is 92.0 Å². The average molecular weight is 1150 g/mol. The van der Waals surface area contributed by atoms with E-state index in [-0.39, 0.29) is 59.9 Å². The molecule has 0 saturated carbocycles. The van der Waals surface area contributed by atoms with E-state index in [0.717, 1.165) is 113 Å². The second kappa shape index (κ2) is 26.7. The van der Waals surface area contributed by atoms with Crippen molar-refractivity contribution >= 4 is 62.5 Å². The number of amides is 4. The number of aryl methyl sites for hydroxylation is 3. The maximum absolute atomic E-state index is 13.9. The fraction of sp³-hybridized carbons (Fsp3) is 0.400. The fourth-order valence-corrected chi connectivity index (χ4v) is 11.5. The van der Waals surface area contributed by atoms with Crippen molar-refractivity contribution in [1.29, 1.82) is 0 Å². The second-order valence-corrected chi connectivity index (χ2v) is 21.5. The molecule has 18 heteroatoms. The van der Waals surface area contributed by atoms with E-state index in [2.05, 4.69) is 96.4 Å². The number of hydrogen-bond acceptors (Lipinski definition) is 10. The molecule has 0 spiro atoms. The van der Waals surface area contributed by atoms with Gasteiger partial charge in [-0.25, -0.2) is 0 Å². The van der Waals surface area contributed by atoms with Crippen LogP contribution in [0, 0.1) is 34.6 Å². The number of carbonyl (C=O) groups is 4. The maximum Gasteiger partial charge on any atom is 0.253 e. The zero-order chi connectivity index (χ0) is 56.4. The Morgan fingerprint density at radius 2 is 1.27 bits per heavy atom. The van der Waals surface area contributed by atoms with Gasteiger partial charge in [0.05, 0.1) is 13.2 Å². The van der Waals surface area contributed by atoms with Crippen molar-refractivity contribution in [1.82, 2.24) is 35.3 Å². The molecule has 0 aliphatic carbocycles. The first kappa shape index (κ1) is 58.9. The Kier molecular flexibility index (Phi) is 20.2. The molecule has 16 nitrogen and oxygen atoms in total. The van der Waals surface area contributed by atoms with E-state index < -0.39 is 0 Å². The number of nitrogens with zero attached hydrogens (tertiary/aromatic N) is 5. The third-order valence-electron chi connectivity index (χ3n) is 15.2. The van der Waals surface area contributed by atoms with Crippen LogP contribution in [-0.4, -0.2) is 126 Å². The number of carbonyl (C=O) groups excluding carboxylic acids is 4. The highest BCUT2D eigenvalue weighted by Gasteiger charge is 2.33. The lowest BCUT2D eigenvalue weighted by atomic mass is 9.95. The molecule has 3 fully saturated rings. The van der Waals surface area contributed by atoms with E-state index >= 15 is 0 Å². The summed E-state index contributed by atoms with van der Waals surface area (Å²) in [6, 6.07) is 17.9. The van der Waals surface area contributed by atoms with Gasteiger partial charge >= 0.3 is 0 Å². The summed E-state index contributed by atoms with van der Waals surface area (Å²) >= 11 is 10.4. The third kappa shape index (κ3) is 13.9. The van der Waals surface area contributed by atoms with Gasteiger partial charge in [-0.3, -0.25) is 33.7 Å². The van der Waals surface area contributed by atoms with Crippen LogP contribution in [0.4, 0.5) is 11.4 Å². The van der Waals surface area contributed by atoms with Crippen molar-refractivity contribution in [2.45, 2.75) is 93.0 Å². The maximum atomic E-state index is 13.9. The molecule has 4 N–H and O–H groups in total. The van der Waals surface area contributed by atoms with Crippen LogP contribution in [-0.2, 0) is 34.0 Å². The summed E-state index contributed by atoms with van der Waals surface area (Å²) in [5.74, 6) is -0.627. The minimum Gasteiger partial charge on any atom is -0.379 e. The minimum atomic E-state index is -0.263. The van der Waals surface area contributed by atoms with Crippen LogP contribution in [0.5, 0.6) is 0 Å². The van der Waals surface area contributed by atoms with E-state index in [4.69, 9.17) is 16.3 Å². The minimum absolute atomic E-state index is 0.0548. The lowest BCUT2D eigenvalue weighted by molar-refractivity contribution is -0.125. The molecule has 8 rings (SSSR count). The van der Waals surface area contributed by atoms with Gasteiger partial charge in [-0.15, -0.1) is 0 Å². The lowest BCUT2D eigenvalue weighted by Crippen LogP contribution is -2.39. The predicted molar refractivity (Wildman–Crippen MR) is 314 cm³/mol. The summed E-state index contributed by atoms with van der Waals surface area (Å²) in [5, 5.41) is 6.56. The number of likely N-dealkylation sites (tertiary alicyclic amines) is 2. The van der Waals surface area contributed by atoms with Crippen LogP contribution in [0.3, 0.4) is 0 Å². The van der Waals surface area contributed by atoms with Crippen molar-refractivity contribution in [2.75, 3.05) is 75.4 Å². The Morgan fingerprint density at radius 1 is 0.718 bits per heavy atom. The molecule has 2 atom stereocenters. The Balaban J connectivity index is 0.000000242. The monoisotopic (exact) mass is 1150 g/mol. The summed E-state index contributed by atoms with van der Waals surface area (Å²) in [6.07, 6.45) is 5.98. The first-order valence-electron chi connectivity index (χ1n) is 26.7. The van der Waals surface area contributed by atoms with Gasteiger partial charge in [0.15, 0.2) is 0 Å². The number of H-pyrrole nitrogens is 2. The standard InChI is InChI=1S/C36H44ClN5O4.C24H29BrN4O3/c1-6-34(43)41-11-10-29(22-41)42(7-2)33-19-28(26-8-9-27(32(37)18-26)21-40-12-14-46-15-13-40)17-30(25(33)5)35(44)38-20-31-23(3)16-24(4)39-36(31)45;1-5-22(30)28-10-8-18(14-28)29(6-2)21-12-17(25)11-19(16(21)4)23(31)27-13-20-15(3)7-9-26-24(20)32/h6,8-9,16-19,29H,1,7,10-15,20-22H2,2-5H3,(H,38,44)(H,39,45);5,7,9,11-12,18H,1,6,8,10,13-14H2,2-4H3,(H,26,32)(H,27,31). The Hall–Kier alpha value is -6.79. The van der Waals surface area contributed by atoms with Crippen molar-refractivity contribution in [2.24, 2.45) is 0 Å². The highest BCUT2D eigenvalue weighted by Crippen LogP contribution is 2.36. The summed E-state index contributed by atoms with van der Waals surface area (Å²) < 4.78 is 6.29. The number of aromatic amines is 2. The van der Waals surface area contributed by atoms with Crippen LogP contribution >= 0.6 is 27.5 Å². The summed E-state index contributed by atoms with van der Waals surface area (Å²) in [5.41, 5.74) is 10.6. The number of pyridine rings is 2. The zero-order valence-corrected chi connectivity index (χ0v) is 48.3. The molecule has 3 aliphatic rings. The number of aromatic nitrogens is 2. The van der Waals surface area contributed by atoms with Crippen molar-refractivity contribution in [3.63, 3.8) is 0 Å². The molecule has 2 unspecified atom stereocenters. The van der Waals surface area contributed by atoms with Gasteiger partial charge in [0.25, 0.3) is 22.9 Å². The molecule has 414 valence electrons. The van der Waals surface area contributed by atoms with Gasteiger partial charge in [-0.2, -0.15) is 0 Å². The number of halogens is 2. The molecule has 3 saturated heterocycles. The van der Waals surface area contributed by atoms with Crippen molar-refractivity contribution in [3.8, 4) is 11.1 Å². The third-order valence-corrected chi connectivity index (χ3v) is 16.0. The largest absolute Gasteiger partial charge is 0.379 e. The molecule has 4 amide bonds. The van der Waals surface area contributed by atoms with E-state index in [0.29, 0.717) is 60.0 Å². The Labute approximate surface area is 471 Å². The van der Waals surface area contributed by atoms with Crippen LogP contribution in [0.25, 0.3) is 11.1 Å². The number of ether oxygens (including phenoxy) is 1. The quantitative estimate of drug-likeness (QED) is 0.0661. The molecule has 5 aromatic rings. The molecular formula is C60H73BrClN9O7. The summed E-state index contributed by atoms with van der Waals surface area (Å²) in [4.78, 5) is 92.0. The predicted octanol–water partition coefficient (Wildman–Crippen LogP) is 8.29. The van der Waals surface area contributed by atoms with Gasteiger partial charge < -0.3 is 44.9 Å². The number of likely N-dealkylation sites (N-methyl/N-ethyl adjacent to an activating group) is 2. The van der Waals surface area contributed by atoms with E-state index in [9.17, 15) is 28.8 Å². The first-order chi connectivity index (χ1) is 37.3. The lowest BCUT2D eigenvalue weighted by Gasteiger charge is -2.32. The first-order valence-corrected chi connectivity index (χ1v) is 27.9. The van der Waals surface area contributed by atoms with Crippen molar-refractivity contribution in [3.05, 3.63) is 172 Å². The fourth-order valence-electron chi connectivity index (χ4n) is 10.8. The van der Waals surface area contributed by atoms with Gasteiger partial charge in [-0.1, -0.05) is 52.8 Å². The van der Waals surface area contributed by atoms with E-state index in [1.54, 1.807) is 17.2 Å². The summed E-state index contributed by atoms with van der Waals surface area (Å²) in [7, 11) is 0. The SMILES string of the molecule is C=CC(=O)N1CCC(N(CC)c2cc(-c3ccc(CN4CCOCC4)c(Cl)c3)cc(C(=O)NCc3c(C)cc(C)[nH]c3=O)c2C)C1.C=CC(=O)N1CCC(N(CC)c2cc(Br)cc(C(=O)NCc3c(C)cc[nH]c3=O)c2C)C1. The number of anilines is 2. The van der Waals surface area contributed by atoms with Gasteiger partial charge in [0, 0.05) is 139 Å². The normalized spacial score (nSPS) is 16.3. The average Bonchev–Trinajstić information content (AvgIpc) is 4.15. The Morgan fingerprint density at radius 3 is 1.79 bits per heavy atom. The number of nitrogens with one attached hydrogen (secondary N) is 4. The topological polar surface area (TPSA) is 183 Å². The molecule has 3 aromatic carbocycles. The molecule has 3 aliphatic heterocycles. The number of rotatable bonds is 17. The smallest absolute Gasteiger partial charge is 0.253 e. The van der Waals surface area contributed by atoms with E-state index in [1.807, 2.05) is 69.9 Å². The second-order valence-electron chi connectivity index (χ2n) is 20.2. The molecule has 2 aromatic heterocycles. The Bertz CT molecular complexity index is 3190. The number of hydrogen-bond donors (Lipinski definition) is 4. The van der Waals surface area contributed by atoms with Crippen LogP contribution < -0.4 is 31.6 Å². The summed E-state index contributed by atoms with van der Waals surface area (Å²) in [6.45, 7) is 29.1. The molecule has 78 heavy (non-hydrogen) atoms. The van der Waals surface area contributed by atoms with E-state index in [1.165, 1.54) is 12.2 Å². The van der Waals surface area contributed by atoms with Crippen LogP contribution in [0.15, 0.2) is 100 Å².